The Morgan fingerprint density at radius 2 is 2.00 bits per heavy atom. The molecule has 0 aromatic heterocycles. The maximum absolute atomic E-state index is 12.0. The van der Waals surface area contributed by atoms with Gasteiger partial charge in [0.15, 0.2) is 5.79 Å². The van der Waals surface area contributed by atoms with Gasteiger partial charge in [-0.2, -0.15) is 0 Å². The predicted octanol–water partition coefficient (Wildman–Crippen LogP) is 2.21. The summed E-state index contributed by atoms with van der Waals surface area (Å²) in [5, 5.41) is 0. The van der Waals surface area contributed by atoms with Crippen molar-refractivity contribution in [2.24, 2.45) is 5.41 Å². The first-order chi connectivity index (χ1) is 7.65. The van der Waals surface area contributed by atoms with E-state index >= 15 is 0 Å². The van der Waals surface area contributed by atoms with Crippen LogP contribution < -0.4 is 0 Å². The summed E-state index contributed by atoms with van der Waals surface area (Å²) in [4.78, 5) is 12.0. The van der Waals surface area contributed by atoms with E-state index in [4.69, 9.17) is 9.47 Å². The quantitative estimate of drug-likeness (QED) is 0.589. The fourth-order valence-corrected chi connectivity index (χ4v) is 3.19. The number of hydrogen-bond acceptors (Lipinski definition) is 3. The molecule has 1 saturated heterocycles. The molecule has 1 heterocycles. The third-order valence-corrected chi connectivity index (χ3v) is 4.37. The number of fused-ring (bicyclic) bond motifs is 1. The average molecular weight is 222 g/mol. The molecular weight excluding hydrogens is 204 g/mol. The molecule has 16 heavy (non-hydrogen) atoms. The second kappa shape index (κ2) is 3.41. The van der Waals surface area contributed by atoms with Gasteiger partial charge in [0.25, 0.3) is 0 Å². The van der Waals surface area contributed by atoms with Crippen molar-refractivity contribution in [1.29, 1.82) is 0 Å². The van der Waals surface area contributed by atoms with Crippen molar-refractivity contribution >= 4 is 5.78 Å². The van der Waals surface area contributed by atoms with E-state index in [1.165, 1.54) is 5.57 Å². The minimum absolute atomic E-state index is 0.223. The summed E-state index contributed by atoms with van der Waals surface area (Å²) in [6, 6.07) is 0. The minimum Gasteiger partial charge on any atom is -0.347 e. The van der Waals surface area contributed by atoms with Gasteiger partial charge in [-0.3, -0.25) is 4.79 Å². The second-order valence-electron chi connectivity index (χ2n) is 5.31. The van der Waals surface area contributed by atoms with Crippen LogP contribution in [0.3, 0.4) is 0 Å². The minimum atomic E-state index is -0.400. The van der Waals surface area contributed by atoms with Crippen LogP contribution >= 0.6 is 0 Å². The lowest BCUT2D eigenvalue weighted by atomic mass is 9.64. The highest BCUT2D eigenvalue weighted by molar-refractivity contribution is 5.89. The molecule has 0 aromatic carbocycles. The van der Waals surface area contributed by atoms with Gasteiger partial charge in [0.05, 0.1) is 13.2 Å². The Morgan fingerprint density at radius 3 is 2.75 bits per heavy atom. The molecule has 3 aliphatic rings. The maximum Gasteiger partial charge on any atom is 0.172 e. The Bertz CT molecular complexity index is 352. The number of ketones is 1. The zero-order valence-electron chi connectivity index (χ0n) is 9.75. The van der Waals surface area contributed by atoms with Gasteiger partial charge < -0.3 is 9.47 Å². The lowest BCUT2D eigenvalue weighted by Gasteiger charge is -2.44. The number of carbonyl (C=O) groups is 1. The topological polar surface area (TPSA) is 35.5 Å². The standard InChI is InChI=1S/C13H18O3/c1-12-5-6-13(15-7-8-16-13)9-10(12)3-2-4-11(12)14/h3H,2,4-9H2,1H3/t12-/m1/s1. The van der Waals surface area contributed by atoms with Crippen molar-refractivity contribution < 1.29 is 14.3 Å². The first-order valence-corrected chi connectivity index (χ1v) is 6.15. The van der Waals surface area contributed by atoms with Crippen molar-refractivity contribution in [2.75, 3.05) is 13.2 Å². The SMILES string of the molecule is C[C@@]12CCC3(CC1=CCCC2=O)OCCO3. The van der Waals surface area contributed by atoms with Gasteiger partial charge in [0.1, 0.15) is 5.78 Å². The molecule has 3 heteroatoms. The summed E-state index contributed by atoms with van der Waals surface area (Å²) in [5.74, 6) is 0.000946. The highest BCUT2D eigenvalue weighted by Gasteiger charge is 2.50. The smallest absolute Gasteiger partial charge is 0.172 e. The molecule has 2 aliphatic carbocycles. The van der Waals surface area contributed by atoms with E-state index in [-0.39, 0.29) is 5.41 Å². The molecule has 0 radical (unpaired) electrons. The van der Waals surface area contributed by atoms with E-state index in [9.17, 15) is 4.79 Å². The summed E-state index contributed by atoms with van der Waals surface area (Å²) in [7, 11) is 0. The van der Waals surface area contributed by atoms with Crippen molar-refractivity contribution in [3.63, 3.8) is 0 Å². The molecule has 1 atom stereocenters. The Labute approximate surface area is 95.8 Å². The van der Waals surface area contributed by atoms with Gasteiger partial charge in [0, 0.05) is 24.7 Å². The zero-order valence-corrected chi connectivity index (χ0v) is 9.75. The third kappa shape index (κ3) is 1.38. The van der Waals surface area contributed by atoms with Gasteiger partial charge in [-0.05, 0) is 19.8 Å². The third-order valence-electron chi connectivity index (χ3n) is 4.37. The Kier molecular flexibility index (Phi) is 2.23. The van der Waals surface area contributed by atoms with E-state index in [0.717, 1.165) is 25.7 Å². The summed E-state index contributed by atoms with van der Waals surface area (Å²) in [5.41, 5.74) is 1.02. The largest absolute Gasteiger partial charge is 0.347 e. The van der Waals surface area contributed by atoms with Crippen LogP contribution in [0, 0.1) is 5.41 Å². The lowest BCUT2D eigenvalue weighted by molar-refractivity contribution is -0.178. The molecular formula is C13H18O3. The molecule has 3 rings (SSSR count). The van der Waals surface area contributed by atoms with Crippen molar-refractivity contribution in [3.05, 3.63) is 11.6 Å². The molecule has 1 saturated carbocycles. The zero-order chi connectivity index (χ0) is 11.2. The highest BCUT2D eigenvalue weighted by atomic mass is 16.7. The Balaban J connectivity index is 1.90. The van der Waals surface area contributed by atoms with E-state index in [0.29, 0.717) is 25.4 Å². The van der Waals surface area contributed by atoms with Gasteiger partial charge in [-0.15, -0.1) is 0 Å². The summed E-state index contributed by atoms with van der Waals surface area (Å²) < 4.78 is 11.5. The molecule has 0 aromatic rings. The molecule has 2 fully saturated rings. The van der Waals surface area contributed by atoms with E-state index in [1.54, 1.807) is 0 Å². The maximum atomic E-state index is 12.0. The summed E-state index contributed by atoms with van der Waals surface area (Å²) in [6.45, 7) is 3.47. The van der Waals surface area contributed by atoms with Crippen molar-refractivity contribution in [3.8, 4) is 0 Å². The number of Topliss-reactive ketones (excluding diaryl/α,β-unsaturated/α-hetero) is 1. The molecule has 0 N–H and O–H groups in total. The van der Waals surface area contributed by atoms with E-state index in [1.807, 2.05) is 0 Å². The average Bonchev–Trinajstić information content (AvgIpc) is 2.71. The van der Waals surface area contributed by atoms with E-state index < -0.39 is 5.79 Å². The molecule has 0 unspecified atom stereocenters. The van der Waals surface area contributed by atoms with Crippen LogP contribution in [0.4, 0.5) is 0 Å². The van der Waals surface area contributed by atoms with Crippen LogP contribution in [-0.2, 0) is 14.3 Å². The van der Waals surface area contributed by atoms with Crippen LogP contribution in [0.15, 0.2) is 11.6 Å². The molecule has 1 aliphatic heterocycles. The first-order valence-electron chi connectivity index (χ1n) is 6.15. The fraction of sp³-hybridized carbons (Fsp3) is 0.769. The van der Waals surface area contributed by atoms with Crippen LogP contribution in [-0.4, -0.2) is 24.8 Å². The molecule has 0 bridgehead atoms. The van der Waals surface area contributed by atoms with Gasteiger partial charge in [-0.1, -0.05) is 11.6 Å². The van der Waals surface area contributed by atoms with Crippen LogP contribution in [0.1, 0.15) is 39.0 Å². The molecule has 88 valence electrons. The van der Waals surface area contributed by atoms with Crippen LogP contribution in [0.25, 0.3) is 0 Å². The van der Waals surface area contributed by atoms with E-state index in [2.05, 4.69) is 13.0 Å². The van der Waals surface area contributed by atoms with Gasteiger partial charge >= 0.3 is 0 Å². The summed E-state index contributed by atoms with van der Waals surface area (Å²) >= 11 is 0. The van der Waals surface area contributed by atoms with Crippen LogP contribution in [0.2, 0.25) is 0 Å². The number of ether oxygens (including phenoxy) is 2. The highest BCUT2D eigenvalue weighted by Crippen LogP contribution is 2.50. The Morgan fingerprint density at radius 1 is 1.25 bits per heavy atom. The fourth-order valence-electron chi connectivity index (χ4n) is 3.19. The first kappa shape index (κ1) is 10.5. The monoisotopic (exact) mass is 222 g/mol. The van der Waals surface area contributed by atoms with Gasteiger partial charge in [0.2, 0.25) is 0 Å². The second-order valence-corrected chi connectivity index (χ2v) is 5.31. The predicted molar refractivity (Wildman–Crippen MR) is 58.9 cm³/mol. The lowest BCUT2D eigenvalue weighted by Crippen LogP contribution is -2.45. The Hall–Kier alpha value is -0.670. The number of rotatable bonds is 0. The van der Waals surface area contributed by atoms with Crippen molar-refractivity contribution in [2.45, 2.75) is 44.8 Å². The molecule has 0 amide bonds. The normalized spacial score (nSPS) is 37.3. The molecule has 3 nitrogen and oxygen atoms in total. The number of carbonyl (C=O) groups excluding carboxylic acids is 1. The molecule has 1 spiro atoms. The number of allylic oxidation sites excluding steroid dienone is 1. The van der Waals surface area contributed by atoms with Crippen LogP contribution in [0.5, 0.6) is 0 Å². The number of hydrogen-bond donors (Lipinski definition) is 0. The summed E-state index contributed by atoms with van der Waals surface area (Å²) in [6.07, 6.45) is 6.33. The van der Waals surface area contributed by atoms with Gasteiger partial charge in [-0.25, -0.2) is 0 Å². The van der Waals surface area contributed by atoms with Crippen molar-refractivity contribution in [1.82, 2.24) is 0 Å².